The molecule has 0 spiro atoms. The Morgan fingerprint density at radius 3 is 1.95 bits per heavy atom. The number of aromatic carboxylic acids is 2. The molecule has 0 bridgehead atoms. The van der Waals surface area contributed by atoms with Crippen molar-refractivity contribution >= 4 is 32.8 Å². The minimum atomic E-state index is -4.68. The molecule has 0 amide bonds. The molecule has 0 saturated carbocycles. The standard InChI is InChI=1S/C12H8O7S/c13-11(14)8-5-9(20(17,18)19)6-3-1-2-4-7(6)10(8)12(15)16/h1-5H,(H,13,14)(H,15,16)(H,17,18,19). The van der Waals surface area contributed by atoms with Crippen molar-refractivity contribution in [3.8, 4) is 0 Å². The van der Waals surface area contributed by atoms with Crippen LogP contribution in [0.3, 0.4) is 0 Å². The Bertz CT molecular complexity index is 836. The molecule has 0 heterocycles. The van der Waals surface area contributed by atoms with Crippen molar-refractivity contribution in [1.82, 2.24) is 0 Å². The summed E-state index contributed by atoms with van der Waals surface area (Å²) in [4.78, 5) is 21.7. The van der Waals surface area contributed by atoms with E-state index in [-0.39, 0.29) is 10.8 Å². The normalized spacial score (nSPS) is 11.4. The lowest BCUT2D eigenvalue weighted by atomic mass is 9.99. The van der Waals surface area contributed by atoms with Gasteiger partial charge in [0, 0.05) is 5.39 Å². The number of fused-ring (bicyclic) bond motifs is 1. The second-order valence-corrected chi connectivity index (χ2v) is 5.32. The number of carboxylic acid groups (broad SMARTS) is 2. The molecule has 2 aromatic rings. The summed E-state index contributed by atoms with van der Waals surface area (Å²) >= 11 is 0. The molecule has 0 fully saturated rings. The first-order valence-corrected chi connectivity index (χ1v) is 6.67. The molecule has 0 radical (unpaired) electrons. The lowest BCUT2D eigenvalue weighted by molar-refractivity contribution is 0.0653. The SMILES string of the molecule is O=C(O)c1cc(S(=O)(=O)O)c2ccccc2c1C(=O)O. The van der Waals surface area contributed by atoms with E-state index in [4.69, 9.17) is 14.8 Å². The zero-order valence-electron chi connectivity index (χ0n) is 9.77. The van der Waals surface area contributed by atoms with Crippen molar-refractivity contribution in [1.29, 1.82) is 0 Å². The molecule has 20 heavy (non-hydrogen) atoms. The summed E-state index contributed by atoms with van der Waals surface area (Å²) in [6.45, 7) is 0. The van der Waals surface area contributed by atoms with E-state index in [2.05, 4.69) is 0 Å². The Morgan fingerprint density at radius 1 is 0.950 bits per heavy atom. The predicted octanol–water partition coefficient (Wildman–Crippen LogP) is 1.48. The quantitative estimate of drug-likeness (QED) is 0.731. The predicted molar refractivity (Wildman–Crippen MR) is 67.7 cm³/mol. The minimum Gasteiger partial charge on any atom is -0.478 e. The van der Waals surface area contributed by atoms with Crippen LogP contribution < -0.4 is 0 Å². The Morgan fingerprint density at radius 2 is 1.50 bits per heavy atom. The van der Waals surface area contributed by atoms with Gasteiger partial charge in [-0.15, -0.1) is 0 Å². The number of hydrogen-bond donors (Lipinski definition) is 3. The van der Waals surface area contributed by atoms with E-state index in [0.29, 0.717) is 6.07 Å². The lowest BCUT2D eigenvalue weighted by Crippen LogP contribution is -2.12. The van der Waals surface area contributed by atoms with E-state index < -0.39 is 38.1 Å². The first-order chi connectivity index (χ1) is 9.23. The molecule has 0 aliphatic carbocycles. The van der Waals surface area contributed by atoms with Gasteiger partial charge in [0.05, 0.1) is 11.1 Å². The zero-order valence-corrected chi connectivity index (χ0v) is 10.6. The number of rotatable bonds is 3. The van der Waals surface area contributed by atoms with E-state index in [1.54, 1.807) is 0 Å². The molecular weight excluding hydrogens is 288 g/mol. The molecule has 0 atom stereocenters. The molecule has 0 unspecified atom stereocenters. The molecule has 104 valence electrons. The summed E-state index contributed by atoms with van der Waals surface area (Å²) in [7, 11) is -4.68. The van der Waals surface area contributed by atoms with Crippen LogP contribution in [0.1, 0.15) is 20.7 Å². The van der Waals surface area contributed by atoms with Crippen molar-refractivity contribution in [3.63, 3.8) is 0 Å². The van der Waals surface area contributed by atoms with Gasteiger partial charge in [0.2, 0.25) is 0 Å². The summed E-state index contributed by atoms with van der Waals surface area (Å²) in [5, 5.41) is 18.0. The smallest absolute Gasteiger partial charge is 0.337 e. The van der Waals surface area contributed by atoms with Crippen LogP contribution in [0.25, 0.3) is 10.8 Å². The van der Waals surface area contributed by atoms with Gasteiger partial charge in [0.25, 0.3) is 10.1 Å². The van der Waals surface area contributed by atoms with Crippen LogP contribution in [0, 0.1) is 0 Å². The van der Waals surface area contributed by atoms with E-state index in [1.165, 1.54) is 24.3 Å². The average molecular weight is 296 g/mol. The van der Waals surface area contributed by atoms with Gasteiger partial charge >= 0.3 is 11.9 Å². The molecule has 0 aliphatic heterocycles. The van der Waals surface area contributed by atoms with Crippen LogP contribution in [0.15, 0.2) is 35.2 Å². The van der Waals surface area contributed by atoms with Crippen molar-refractivity contribution < 1.29 is 32.8 Å². The monoisotopic (exact) mass is 296 g/mol. The zero-order chi connectivity index (χ0) is 15.1. The second kappa shape index (κ2) is 4.58. The lowest BCUT2D eigenvalue weighted by Gasteiger charge is -2.10. The molecule has 8 heteroatoms. The summed E-state index contributed by atoms with van der Waals surface area (Å²) in [5.74, 6) is -3.10. The minimum absolute atomic E-state index is 0.0580. The van der Waals surface area contributed by atoms with Crippen molar-refractivity contribution in [3.05, 3.63) is 41.5 Å². The molecule has 0 aromatic heterocycles. The Balaban J connectivity index is 3.10. The Labute approximate surface area is 112 Å². The van der Waals surface area contributed by atoms with Crippen LogP contribution in [-0.4, -0.2) is 35.1 Å². The number of carboxylic acids is 2. The Hall–Kier alpha value is -2.45. The van der Waals surface area contributed by atoms with E-state index in [0.717, 1.165) is 0 Å². The van der Waals surface area contributed by atoms with Gasteiger partial charge < -0.3 is 10.2 Å². The third-order valence-corrected chi connectivity index (χ3v) is 3.62. The molecular formula is C12H8O7S. The van der Waals surface area contributed by atoms with Gasteiger partial charge in [-0.3, -0.25) is 4.55 Å². The summed E-state index contributed by atoms with van der Waals surface area (Å²) in [6.07, 6.45) is 0. The largest absolute Gasteiger partial charge is 0.478 e. The van der Waals surface area contributed by atoms with E-state index in [9.17, 15) is 18.0 Å². The maximum Gasteiger partial charge on any atom is 0.337 e. The number of hydrogen-bond acceptors (Lipinski definition) is 4. The third kappa shape index (κ3) is 2.22. The first-order valence-electron chi connectivity index (χ1n) is 5.23. The van der Waals surface area contributed by atoms with Gasteiger partial charge in [-0.2, -0.15) is 8.42 Å². The fourth-order valence-electron chi connectivity index (χ4n) is 1.95. The highest BCUT2D eigenvalue weighted by molar-refractivity contribution is 7.86. The van der Waals surface area contributed by atoms with Crippen LogP contribution in [0.4, 0.5) is 0 Å². The average Bonchev–Trinajstić information content (AvgIpc) is 2.34. The van der Waals surface area contributed by atoms with Crippen molar-refractivity contribution in [2.75, 3.05) is 0 Å². The summed E-state index contributed by atoms with van der Waals surface area (Å²) < 4.78 is 31.8. The van der Waals surface area contributed by atoms with Gasteiger partial charge in [0.15, 0.2) is 0 Å². The molecule has 7 nitrogen and oxygen atoms in total. The van der Waals surface area contributed by atoms with Crippen LogP contribution >= 0.6 is 0 Å². The maximum absolute atomic E-state index is 11.3. The number of carbonyl (C=O) groups is 2. The highest BCUT2D eigenvalue weighted by Gasteiger charge is 2.25. The molecule has 2 aromatic carbocycles. The molecule has 0 saturated heterocycles. The van der Waals surface area contributed by atoms with Crippen molar-refractivity contribution in [2.45, 2.75) is 4.90 Å². The Kier molecular flexibility index (Phi) is 3.20. The van der Waals surface area contributed by atoms with Crippen molar-refractivity contribution in [2.24, 2.45) is 0 Å². The van der Waals surface area contributed by atoms with Crippen LogP contribution in [0.2, 0.25) is 0 Å². The van der Waals surface area contributed by atoms with Gasteiger partial charge in [-0.25, -0.2) is 9.59 Å². The topological polar surface area (TPSA) is 129 Å². The fourth-order valence-corrected chi connectivity index (χ4v) is 2.68. The summed E-state index contributed by atoms with van der Waals surface area (Å²) in [5.41, 5.74) is -1.23. The fraction of sp³-hybridized carbons (Fsp3) is 0. The highest BCUT2D eigenvalue weighted by Crippen LogP contribution is 2.29. The van der Waals surface area contributed by atoms with E-state index in [1.807, 2.05) is 0 Å². The maximum atomic E-state index is 11.3. The van der Waals surface area contributed by atoms with Gasteiger partial charge in [-0.05, 0) is 11.5 Å². The second-order valence-electron chi connectivity index (χ2n) is 3.93. The molecule has 3 N–H and O–H groups in total. The molecule has 2 rings (SSSR count). The van der Waals surface area contributed by atoms with Crippen LogP contribution in [-0.2, 0) is 10.1 Å². The van der Waals surface area contributed by atoms with Gasteiger partial charge in [0.1, 0.15) is 4.90 Å². The third-order valence-electron chi connectivity index (χ3n) is 2.73. The molecule has 0 aliphatic rings. The van der Waals surface area contributed by atoms with Gasteiger partial charge in [-0.1, -0.05) is 24.3 Å². The highest BCUT2D eigenvalue weighted by atomic mass is 32.2. The first kappa shape index (κ1) is 14.0. The van der Waals surface area contributed by atoms with E-state index >= 15 is 0 Å². The summed E-state index contributed by atoms with van der Waals surface area (Å²) in [6, 6.07) is 6.09. The van der Waals surface area contributed by atoms with Crippen LogP contribution in [0.5, 0.6) is 0 Å². The number of benzene rings is 2.